The maximum absolute atomic E-state index is 13.3. The molecule has 6 nitrogen and oxygen atoms in total. The molecule has 0 saturated heterocycles. The minimum Gasteiger partial charge on any atom is -0.481 e. The zero-order valence-corrected chi connectivity index (χ0v) is 11.2. The van der Waals surface area contributed by atoms with Gasteiger partial charge in [0.15, 0.2) is 24.3 Å². The molecule has 0 unspecified atom stereocenters. The van der Waals surface area contributed by atoms with E-state index in [9.17, 15) is 14.0 Å². The molecule has 0 aliphatic heterocycles. The number of carboxylic acid groups (broad SMARTS) is 1. The number of rotatable bonds is 6. The number of benzene rings is 1. The summed E-state index contributed by atoms with van der Waals surface area (Å²) >= 11 is 3.07. The van der Waals surface area contributed by atoms with Gasteiger partial charge in [-0.25, -0.2) is 9.18 Å². The first-order chi connectivity index (χ1) is 8.90. The highest BCUT2D eigenvalue weighted by molar-refractivity contribution is 9.10. The lowest BCUT2D eigenvalue weighted by molar-refractivity contribution is -0.146. The summed E-state index contributed by atoms with van der Waals surface area (Å²) < 4.78 is 18.8. The van der Waals surface area contributed by atoms with Crippen molar-refractivity contribution in [2.24, 2.45) is 0 Å². The van der Waals surface area contributed by atoms with E-state index in [1.165, 1.54) is 12.1 Å². The molecule has 0 radical (unpaired) electrons. The summed E-state index contributed by atoms with van der Waals surface area (Å²) in [6, 6.07) is 4.07. The van der Waals surface area contributed by atoms with Crippen LogP contribution in [0.2, 0.25) is 0 Å². The molecule has 0 heterocycles. The van der Waals surface area contributed by atoms with Crippen LogP contribution in [-0.2, 0) is 9.59 Å². The number of nitrogens with one attached hydrogen (secondary N) is 1. The molecule has 0 saturated carbocycles. The number of aliphatic hydroxyl groups excluding tert-OH is 1. The van der Waals surface area contributed by atoms with Crippen LogP contribution in [0.5, 0.6) is 5.75 Å². The Morgan fingerprint density at radius 2 is 2.16 bits per heavy atom. The molecule has 1 rings (SSSR count). The number of hydrogen-bond donors (Lipinski definition) is 3. The lowest BCUT2D eigenvalue weighted by Gasteiger charge is -2.09. The standard InChI is InChI=1S/C11H11BrFNO5/c12-6-1-2-9(7(13)3-6)19-5-10(16)14-4-8(15)11(17)18/h1-3,8,15H,4-5H2,(H,14,16)(H,17,18)/t8-/m0/s1. The quantitative estimate of drug-likeness (QED) is 0.704. The Morgan fingerprint density at radius 1 is 1.47 bits per heavy atom. The highest BCUT2D eigenvalue weighted by Gasteiger charge is 2.14. The minimum absolute atomic E-state index is 0.0999. The lowest BCUT2D eigenvalue weighted by Crippen LogP contribution is -2.38. The smallest absolute Gasteiger partial charge is 0.334 e. The van der Waals surface area contributed by atoms with Crippen molar-refractivity contribution >= 4 is 27.8 Å². The Labute approximate surface area is 116 Å². The van der Waals surface area contributed by atoms with Gasteiger partial charge in [-0.1, -0.05) is 15.9 Å². The van der Waals surface area contributed by atoms with Gasteiger partial charge in [0, 0.05) is 4.47 Å². The first kappa shape index (κ1) is 15.4. The van der Waals surface area contributed by atoms with E-state index in [4.69, 9.17) is 14.9 Å². The summed E-state index contributed by atoms with van der Waals surface area (Å²) in [6.45, 7) is -0.925. The Balaban J connectivity index is 2.40. The third-order valence-corrected chi connectivity index (χ3v) is 2.52. The van der Waals surface area contributed by atoms with Crippen molar-refractivity contribution < 1.29 is 28.9 Å². The zero-order chi connectivity index (χ0) is 14.4. The molecule has 0 bridgehead atoms. The monoisotopic (exact) mass is 335 g/mol. The van der Waals surface area contributed by atoms with E-state index < -0.39 is 36.9 Å². The fourth-order valence-electron chi connectivity index (χ4n) is 1.08. The Bertz CT molecular complexity index is 482. The maximum atomic E-state index is 13.3. The van der Waals surface area contributed by atoms with Crippen LogP contribution in [0, 0.1) is 5.82 Å². The number of amides is 1. The number of hydrogen-bond acceptors (Lipinski definition) is 4. The van der Waals surface area contributed by atoms with Crippen LogP contribution >= 0.6 is 15.9 Å². The largest absolute Gasteiger partial charge is 0.481 e. The molecule has 104 valence electrons. The van der Waals surface area contributed by atoms with Crippen LogP contribution in [0.15, 0.2) is 22.7 Å². The zero-order valence-electron chi connectivity index (χ0n) is 9.60. The second-order valence-corrected chi connectivity index (χ2v) is 4.44. The van der Waals surface area contributed by atoms with Gasteiger partial charge in [-0.3, -0.25) is 4.79 Å². The number of aliphatic carboxylic acids is 1. The second-order valence-electron chi connectivity index (χ2n) is 3.52. The predicted molar refractivity (Wildman–Crippen MR) is 66.2 cm³/mol. The fourth-order valence-corrected chi connectivity index (χ4v) is 1.42. The highest BCUT2D eigenvalue weighted by atomic mass is 79.9. The summed E-state index contributed by atoms with van der Waals surface area (Å²) in [5.74, 6) is -2.84. The molecule has 1 amide bonds. The maximum Gasteiger partial charge on any atom is 0.334 e. The van der Waals surface area contributed by atoms with E-state index in [0.29, 0.717) is 4.47 Å². The van der Waals surface area contributed by atoms with Crippen LogP contribution in [-0.4, -0.2) is 41.3 Å². The van der Waals surface area contributed by atoms with Crippen molar-refractivity contribution in [2.75, 3.05) is 13.2 Å². The van der Waals surface area contributed by atoms with Gasteiger partial charge in [0.1, 0.15) is 0 Å². The van der Waals surface area contributed by atoms with Gasteiger partial charge in [-0.05, 0) is 18.2 Å². The van der Waals surface area contributed by atoms with Crippen LogP contribution in [0.3, 0.4) is 0 Å². The number of halogens is 2. The van der Waals surface area contributed by atoms with Crippen molar-refractivity contribution in [3.63, 3.8) is 0 Å². The third-order valence-electron chi connectivity index (χ3n) is 2.03. The van der Waals surface area contributed by atoms with E-state index in [1.54, 1.807) is 6.07 Å². The molecular formula is C11H11BrFNO5. The van der Waals surface area contributed by atoms with Gasteiger partial charge < -0.3 is 20.3 Å². The minimum atomic E-state index is -1.69. The summed E-state index contributed by atoms with van der Waals surface area (Å²) in [5, 5.41) is 19.4. The van der Waals surface area contributed by atoms with E-state index in [2.05, 4.69) is 21.2 Å². The SMILES string of the molecule is O=C(COc1ccc(Br)cc1F)NC[C@H](O)C(=O)O. The number of aliphatic hydroxyl groups is 1. The van der Waals surface area contributed by atoms with E-state index in [-0.39, 0.29) is 5.75 Å². The topological polar surface area (TPSA) is 95.9 Å². The summed E-state index contributed by atoms with van der Waals surface area (Å²) in [6.07, 6.45) is -1.69. The molecule has 1 aromatic rings. The van der Waals surface area contributed by atoms with Gasteiger partial charge in [0.25, 0.3) is 5.91 Å². The molecule has 0 fully saturated rings. The number of carboxylic acids is 1. The third kappa shape index (κ3) is 5.23. The number of ether oxygens (including phenoxy) is 1. The molecule has 1 aromatic carbocycles. The van der Waals surface area contributed by atoms with Gasteiger partial charge in [0.05, 0.1) is 6.54 Å². The van der Waals surface area contributed by atoms with E-state index in [1.807, 2.05) is 0 Å². The van der Waals surface area contributed by atoms with Crippen molar-refractivity contribution in [2.45, 2.75) is 6.10 Å². The highest BCUT2D eigenvalue weighted by Crippen LogP contribution is 2.21. The van der Waals surface area contributed by atoms with Gasteiger partial charge >= 0.3 is 5.97 Å². The van der Waals surface area contributed by atoms with Gasteiger partial charge in [-0.2, -0.15) is 0 Å². The lowest BCUT2D eigenvalue weighted by atomic mass is 10.3. The Kier molecular flexibility index (Phi) is 5.71. The van der Waals surface area contributed by atoms with E-state index >= 15 is 0 Å². The molecule has 0 aliphatic carbocycles. The van der Waals surface area contributed by atoms with Crippen molar-refractivity contribution in [3.8, 4) is 5.75 Å². The first-order valence-corrected chi connectivity index (χ1v) is 5.95. The van der Waals surface area contributed by atoms with Gasteiger partial charge in [0.2, 0.25) is 0 Å². The summed E-state index contributed by atoms with van der Waals surface area (Å²) in [5.41, 5.74) is 0. The van der Waals surface area contributed by atoms with Crippen molar-refractivity contribution in [1.29, 1.82) is 0 Å². The Morgan fingerprint density at radius 3 is 2.74 bits per heavy atom. The fraction of sp³-hybridized carbons (Fsp3) is 0.273. The van der Waals surface area contributed by atoms with Crippen LogP contribution in [0.4, 0.5) is 4.39 Å². The molecular weight excluding hydrogens is 325 g/mol. The van der Waals surface area contributed by atoms with E-state index in [0.717, 1.165) is 0 Å². The Hall–Kier alpha value is -1.67. The summed E-state index contributed by atoms with van der Waals surface area (Å²) in [7, 11) is 0. The average molecular weight is 336 g/mol. The second kappa shape index (κ2) is 7.05. The molecule has 3 N–H and O–H groups in total. The normalized spacial score (nSPS) is 11.7. The average Bonchev–Trinajstić information content (AvgIpc) is 2.34. The van der Waals surface area contributed by atoms with Crippen molar-refractivity contribution in [3.05, 3.63) is 28.5 Å². The van der Waals surface area contributed by atoms with Crippen LogP contribution < -0.4 is 10.1 Å². The number of carbonyl (C=O) groups excluding carboxylic acids is 1. The number of carbonyl (C=O) groups is 2. The molecule has 0 aliphatic rings. The molecule has 0 spiro atoms. The summed E-state index contributed by atoms with van der Waals surface area (Å²) in [4.78, 5) is 21.5. The van der Waals surface area contributed by atoms with Gasteiger partial charge in [-0.15, -0.1) is 0 Å². The van der Waals surface area contributed by atoms with Crippen LogP contribution in [0.1, 0.15) is 0 Å². The predicted octanol–water partition coefficient (Wildman–Crippen LogP) is 0.529. The first-order valence-electron chi connectivity index (χ1n) is 5.15. The molecule has 8 heteroatoms. The molecule has 1 atom stereocenters. The van der Waals surface area contributed by atoms with Crippen molar-refractivity contribution in [1.82, 2.24) is 5.32 Å². The van der Waals surface area contributed by atoms with Crippen LogP contribution in [0.25, 0.3) is 0 Å². The molecule has 0 aromatic heterocycles. The molecule has 19 heavy (non-hydrogen) atoms.